The normalized spacial score (nSPS) is 11.0. The quantitative estimate of drug-likeness (QED) is 0.0957. The van der Waals surface area contributed by atoms with Crippen LogP contribution in [-0.2, 0) is 20.8 Å². The molecule has 46 heavy (non-hydrogen) atoms. The zero-order valence-electron chi connectivity index (χ0n) is 29.0. The zero-order chi connectivity index (χ0) is 34.1. The molecule has 2 nitrogen and oxygen atoms in total. The summed E-state index contributed by atoms with van der Waals surface area (Å²) >= 11 is -0.826. The van der Waals surface area contributed by atoms with E-state index in [2.05, 4.69) is 178 Å². The molecule has 6 aromatic rings. The first-order chi connectivity index (χ1) is 21.7. The molecule has 6 aromatic carbocycles. The summed E-state index contributed by atoms with van der Waals surface area (Å²) in [7, 11) is 24.1. The van der Waals surface area contributed by atoms with Gasteiger partial charge in [0, 0.05) is 9.52 Å². The average Bonchev–Trinajstić information content (AvgIpc) is 3.58. The predicted molar refractivity (Wildman–Crippen MR) is 208 cm³/mol. The summed E-state index contributed by atoms with van der Waals surface area (Å²) in [6.45, 7) is 8.62. The molecule has 0 bridgehead atoms. The van der Waals surface area contributed by atoms with Crippen LogP contribution in [0.25, 0.3) is 43.8 Å². The van der Waals surface area contributed by atoms with Crippen LogP contribution in [0.4, 0.5) is 11.4 Å². The minimum absolute atomic E-state index is 0.826. The third-order valence-electron chi connectivity index (χ3n) is 7.70. The summed E-state index contributed by atoms with van der Waals surface area (Å²) in [5, 5.41) is 5.36. The maximum atomic E-state index is 4.93. The molecule has 0 atom stereocenters. The Morgan fingerprint density at radius 1 is 0.543 bits per heavy atom. The van der Waals surface area contributed by atoms with E-state index in [0.717, 1.165) is 18.5 Å². The average molecular weight is 747 g/mol. The number of nitrogens with zero attached hydrogens (tertiary/aromatic N) is 2. The van der Waals surface area contributed by atoms with Crippen molar-refractivity contribution < 1.29 is 20.8 Å². The van der Waals surface area contributed by atoms with Crippen molar-refractivity contribution in [3.63, 3.8) is 0 Å². The fourth-order valence-electron chi connectivity index (χ4n) is 5.45. The van der Waals surface area contributed by atoms with Crippen LogP contribution in [0.3, 0.4) is 0 Å². The minimum atomic E-state index is -0.826. The van der Waals surface area contributed by atoms with Gasteiger partial charge in [0.15, 0.2) is 0 Å². The number of hydrogen-bond donors (Lipinski definition) is 0. The van der Waals surface area contributed by atoms with Gasteiger partial charge in [-0.1, -0.05) is 50.2 Å². The molecule has 0 amide bonds. The monoisotopic (exact) mass is 744 g/mol. The molecule has 0 aliphatic rings. The van der Waals surface area contributed by atoms with E-state index >= 15 is 0 Å². The van der Waals surface area contributed by atoms with Crippen LogP contribution in [-0.4, -0.2) is 51.8 Å². The number of aryl methyl sites for hydroxylation is 2. The van der Waals surface area contributed by atoms with Crippen LogP contribution in [0.1, 0.15) is 11.1 Å². The Balaban J connectivity index is 0.000000214. The Morgan fingerprint density at radius 2 is 0.848 bits per heavy atom. The van der Waals surface area contributed by atoms with Crippen molar-refractivity contribution in [1.29, 1.82) is 0 Å². The van der Waals surface area contributed by atoms with Crippen molar-refractivity contribution >= 4 is 59.5 Å². The molecule has 0 aliphatic carbocycles. The first-order valence-electron chi connectivity index (χ1n) is 15.4. The third-order valence-corrected chi connectivity index (χ3v) is 7.70. The zero-order valence-corrected chi connectivity index (χ0v) is 34.0. The molecule has 0 heterocycles. The summed E-state index contributed by atoms with van der Waals surface area (Å²) < 4.78 is 1.69. The van der Waals surface area contributed by atoms with Gasteiger partial charge in [-0.3, -0.25) is 8.97 Å². The van der Waals surface area contributed by atoms with Gasteiger partial charge in [0.1, 0.15) is 11.4 Å². The summed E-state index contributed by atoms with van der Waals surface area (Å²) in [5.41, 5.74) is 10.5. The van der Waals surface area contributed by atoms with Gasteiger partial charge in [0.2, 0.25) is 0 Å². The molecule has 0 fully saturated rings. The molecular weight excluding hydrogens is 699 g/mol. The molecule has 2 radical (unpaired) electrons. The van der Waals surface area contributed by atoms with Crippen molar-refractivity contribution in [1.82, 2.24) is 8.97 Å². The number of benzene rings is 4. The Hall–Kier alpha value is -2.30. The van der Waals surface area contributed by atoms with E-state index in [0.29, 0.717) is 0 Å². The number of quaternary nitrogens is 2. The van der Waals surface area contributed by atoms with E-state index in [4.69, 9.17) is 17.0 Å². The summed E-state index contributed by atoms with van der Waals surface area (Å²) in [5.74, 6) is 0. The molecule has 0 N–H and O–H groups in total. The Bertz CT molecular complexity index is 1670. The Labute approximate surface area is 299 Å². The van der Waals surface area contributed by atoms with Gasteiger partial charge in [-0.05, 0) is 59.7 Å². The SMILES string of the molecule is C[Si]C.Cc1cc2c(-c3ccc([N+](C)(C)C)cc3)cccc2[cH-]1.Cc1cc2c(-c3ccc([N+](C)(C)C)cc3)cccc2[cH-]1.[Cl][Zr+2][Cl]. The Morgan fingerprint density at radius 3 is 1.13 bits per heavy atom. The number of fused-ring (bicyclic) bond motifs is 2. The summed E-state index contributed by atoms with van der Waals surface area (Å²) in [6.07, 6.45) is 0. The summed E-state index contributed by atoms with van der Waals surface area (Å²) in [4.78, 5) is 0. The fraction of sp³-hybridized carbons (Fsp3) is 0.250. The molecule has 0 unspecified atom stereocenters. The number of hydrogen-bond acceptors (Lipinski definition) is 0. The summed E-state index contributed by atoms with van der Waals surface area (Å²) in [6, 6.07) is 40.0. The van der Waals surface area contributed by atoms with Crippen LogP contribution in [0, 0.1) is 13.8 Å². The van der Waals surface area contributed by atoms with Crippen LogP contribution < -0.4 is 8.97 Å². The van der Waals surface area contributed by atoms with Crippen LogP contribution in [0.15, 0.2) is 109 Å². The van der Waals surface area contributed by atoms with E-state index in [9.17, 15) is 0 Å². The first-order valence-corrected chi connectivity index (χ1v) is 23.8. The Kier molecular flexibility index (Phi) is 14.3. The van der Waals surface area contributed by atoms with Gasteiger partial charge in [0.25, 0.3) is 0 Å². The molecule has 0 saturated carbocycles. The van der Waals surface area contributed by atoms with Gasteiger partial charge >= 0.3 is 37.9 Å². The van der Waals surface area contributed by atoms with Crippen molar-refractivity contribution in [2.75, 3.05) is 42.3 Å². The molecular formula is C40H48Cl2N2SiZr+2. The van der Waals surface area contributed by atoms with E-state index in [1.165, 1.54) is 66.3 Å². The van der Waals surface area contributed by atoms with E-state index in [1.807, 2.05) is 0 Å². The first kappa shape index (κ1) is 38.2. The topological polar surface area (TPSA) is 0 Å². The van der Waals surface area contributed by atoms with E-state index < -0.39 is 20.8 Å². The van der Waals surface area contributed by atoms with Gasteiger partial charge in [-0.25, -0.2) is 0 Å². The third kappa shape index (κ3) is 10.3. The molecule has 0 spiro atoms. The predicted octanol–water partition coefficient (Wildman–Crippen LogP) is 11.6. The maximum absolute atomic E-state index is 4.93. The van der Waals surface area contributed by atoms with Crippen molar-refractivity contribution in [2.24, 2.45) is 0 Å². The van der Waals surface area contributed by atoms with Gasteiger partial charge in [0.05, 0.1) is 42.3 Å². The second-order valence-electron chi connectivity index (χ2n) is 13.4. The number of halogens is 2. The molecule has 238 valence electrons. The van der Waals surface area contributed by atoms with Crippen molar-refractivity contribution in [3.05, 3.63) is 120 Å². The fourth-order valence-corrected chi connectivity index (χ4v) is 5.45. The second-order valence-corrected chi connectivity index (χ2v) is 18.1. The molecule has 6 rings (SSSR count). The van der Waals surface area contributed by atoms with Gasteiger partial charge in [-0.15, -0.1) is 69.1 Å². The van der Waals surface area contributed by atoms with E-state index in [-0.39, 0.29) is 0 Å². The van der Waals surface area contributed by atoms with Crippen LogP contribution >= 0.6 is 17.0 Å². The van der Waals surface area contributed by atoms with Crippen molar-refractivity contribution in [3.8, 4) is 22.3 Å². The second kappa shape index (κ2) is 17.2. The molecule has 0 saturated heterocycles. The van der Waals surface area contributed by atoms with Gasteiger partial charge < -0.3 is 0 Å². The number of rotatable bonds is 4. The van der Waals surface area contributed by atoms with Crippen LogP contribution in [0.5, 0.6) is 0 Å². The molecule has 0 aliphatic heterocycles. The van der Waals surface area contributed by atoms with Crippen LogP contribution in [0.2, 0.25) is 13.1 Å². The van der Waals surface area contributed by atoms with Crippen molar-refractivity contribution in [2.45, 2.75) is 26.9 Å². The van der Waals surface area contributed by atoms with Gasteiger partial charge in [-0.2, -0.15) is 12.1 Å². The molecule has 0 aromatic heterocycles. The van der Waals surface area contributed by atoms with E-state index in [1.54, 1.807) is 0 Å². The standard InChI is InChI=1S/2C19H21N.C2H6Si.2ClH.Zr/c2*1-14-12-16-6-5-7-18(19(16)13-14)15-8-10-17(11-9-15)20(2,3)4;1-3-2;;;/h2*5-13H,1-4H3;1-2H3;2*1H;/q;;;;;+4/p-2. The molecule has 6 heteroatoms.